The Morgan fingerprint density at radius 1 is 1.55 bits per heavy atom. The average Bonchev–Trinajstić information content (AvgIpc) is 2.76. The fraction of sp³-hybridized carbons (Fsp3) is 0.429. The molecule has 1 aromatic carbocycles. The summed E-state index contributed by atoms with van der Waals surface area (Å²) < 4.78 is 0.607. The quantitative estimate of drug-likeness (QED) is 0.585. The number of anilines is 1. The molecule has 0 spiro atoms. The van der Waals surface area contributed by atoms with Gasteiger partial charge in [-0.2, -0.15) is 0 Å². The van der Waals surface area contributed by atoms with Gasteiger partial charge in [0.1, 0.15) is 5.69 Å². The molecule has 1 atom stereocenters. The molecule has 0 radical (unpaired) electrons. The lowest BCUT2D eigenvalue weighted by Gasteiger charge is -2.19. The highest BCUT2D eigenvalue weighted by atomic mass is 79.9. The van der Waals surface area contributed by atoms with Crippen molar-refractivity contribution in [3.05, 3.63) is 32.3 Å². The lowest BCUT2D eigenvalue weighted by Crippen LogP contribution is -2.26. The summed E-state index contributed by atoms with van der Waals surface area (Å²) in [6.07, 6.45) is 0.312. The van der Waals surface area contributed by atoms with E-state index < -0.39 is 4.92 Å². The molecule has 0 bridgehead atoms. The maximum absolute atomic E-state index is 12.2. The van der Waals surface area contributed by atoms with Crippen LogP contribution in [-0.2, 0) is 9.59 Å². The van der Waals surface area contributed by atoms with E-state index in [2.05, 4.69) is 15.9 Å². The summed E-state index contributed by atoms with van der Waals surface area (Å²) in [6, 6.07) is 3.17. The molecule has 118 valence electrons. The Balaban J connectivity index is 2.30. The van der Waals surface area contributed by atoms with Gasteiger partial charge in [-0.15, -0.1) is 0 Å². The second kappa shape index (κ2) is 6.78. The Kier molecular flexibility index (Phi) is 5.23. The van der Waals surface area contributed by atoms with Crippen LogP contribution in [-0.4, -0.2) is 28.2 Å². The summed E-state index contributed by atoms with van der Waals surface area (Å²) in [6.45, 7) is 3.64. The molecular formula is C14H15BrN2O4S. The fourth-order valence-electron chi connectivity index (χ4n) is 2.55. The van der Waals surface area contributed by atoms with Crippen LogP contribution in [0, 0.1) is 23.0 Å². The zero-order valence-electron chi connectivity index (χ0n) is 12.2. The molecule has 0 N–H and O–H groups in total. The summed E-state index contributed by atoms with van der Waals surface area (Å²) in [5, 5.41) is 11.3. The van der Waals surface area contributed by atoms with Crippen molar-refractivity contribution < 1.29 is 14.5 Å². The highest BCUT2D eigenvalue weighted by Crippen LogP contribution is 2.38. The number of nitro groups is 1. The highest BCUT2D eigenvalue weighted by Gasteiger charge is 2.35. The molecule has 0 aromatic heterocycles. The average molecular weight is 387 g/mol. The van der Waals surface area contributed by atoms with E-state index in [9.17, 15) is 19.7 Å². The van der Waals surface area contributed by atoms with Crippen molar-refractivity contribution >= 4 is 50.1 Å². The van der Waals surface area contributed by atoms with Gasteiger partial charge in [-0.1, -0.05) is 27.7 Å². The minimum Gasteiger partial charge on any atom is -0.306 e. The molecule has 2 rings (SSSR count). The van der Waals surface area contributed by atoms with Crippen molar-refractivity contribution in [2.24, 2.45) is 5.92 Å². The van der Waals surface area contributed by atoms with Crippen molar-refractivity contribution in [2.75, 3.05) is 17.2 Å². The van der Waals surface area contributed by atoms with Gasteiger partial charge in [0, 0.05) is 36.2 Å². The summed E-state index contributed by atoms with van der Waals surface area (Å²) in [5.74, 6) is 0.452. The number of carbonyl (C=O) groups excluding carboxylic acids is 2. The van der Waals surface area contributed by atoms with Crippen LogP contribution >= 0.6 is 27.7 Å². The number of nitro benzene ring substituents is 1. The van der Waals surface area contributed by atoms with Gasteiger partial charge < -0.3 is 4.90 Å². The number of halogens is 1. The van der Waals surface area contributed by atoms with Crippen LogP contribution in [0.3, 0.4) is 0 Å². The summed E-state index contributed by atoms with van der Waals surface area (Å²) >= 11 is 4.43. The molecule has 1 aliphatic rings. The van der Waals surface area contributed by atoms with E-state index in [1.807, 2.05) is 0 Å². The maximum atomic E-state index is 12.2. The number of carbonyl (C=O) groups is 2. The predicted molar refractivity (Wildman–Crippen MR) is 89.1 cm³/mol. The van der Waals surface area contributed by atoms with Crippen molar-refractivity contribution in [1.29, 1.82) is 0 Å². The zero-order valence-corrected chi connectivity index (χ0v) is 14.6. The normalized spacial score (nSPS) is 17.9. The Morgan fingerprint density at radius 2 is 2.23 bits per heavy atom. The molecule has 1 fully saturated rings. The minimum atomic E-state index is -0.474. The third-order valence-electron chi connectivity index (χ3n) is 3.44. The molecular weight excluding hydrogens is 372 g/mol. The van der Waals surface area contributed by atoms with Crippen molar-refractivity contribution in [2.45, 2.75) is 20.3 Å². The fourth-order valence-corrected chi connectivity index (χ4v) is 3.81. The number of thioether (sulfide) groups is 1. The monoisotopic (exact) mass is 386 g/mol. The summed E-state index contributed by atoms with van der Waals surface area (Å²) in [5.41, 5.74) is 0.947. The summed E-state index contributed by atoms with van der Waals surface area (Å²) in [4.78, 5) is 35.6. The Bertz CT molecular complexity index is 650. The molecule has 1 unspecified atom stereocenters. The maximum Gasteiger partial charge on any atom is 0.294 e. The van der Waals surface area contributed by atoms with Gasteiger partial charge in [-0.3, -0.25) is 19.7 Å². The van der Waals surface area contributed by atoms with Gasteiger partial charge >= 0.3 is 0 Å². The smallest absolute Gasteiger partial charge is 0.294 e. The van der Waals surface area contributed by atoms with Crippen LogP contribution in [0.25, 0.3) is 0 Å². The Hall–Kier alpha value is -1.41. The molecule has 0 saturated carbocycles. The van der Waals surface area contributed by atoms with Gasteiger partial charge in [0.25, 0.3) is 5.69 Å². The standard InChI is InChI=1S/C14H15BrN2O4S/c1-8-3-11(15)5-12(17(20)21)14(8)16-6-10(4-13(16)19)7-22-9(2)18/h3,5,10H,4,6-7H2,1-2H3. The van der Waals surface area contributed by atoms with Crippen molar-refractivity contribution in [3.63, 3.8) is 0 Å². The number of amides is 1. The van der Waals surface area contributed by atoms with Crippen molar-refractivity contribution in [1.82, 2.24) is 0 Å². The van der Waals surface area contributed by atoms with E-state index in [4.69, 9.17) is 0 Å². The van der Waals surface area contributed by atoms with Gasteiger partial charge in [0.2, 0.25) is 5.91 Å². The third-order valence-corrected chi connectivity index (χ3v) is 4.94. The molecule has 1 heterocycles. The van der Waals surface area contributed by atoms with Crippen LogP contribution in [0.5, 0.6) is 0 Å². The Labute approximate surface area is 140 Å². The first-order valence-corrected chi connectivity index (χ1v) is 8.45. The van der Waals surface area contributed by atoms with Crippen LogP contribution in [0.1, 0.15) is 18.9 Å². The van der Waals surface area contributed by atoms with E-state index in [1.165, 1.54) is 29.7 Å². The number of nitrogens with zero attached hydrogens (tertiary/aromatic N) is 2. The Morgan fingerprint density at radius 3 is 2.82 bits per heavy atom. The van der Waals surface area contributed by atoms with Crippen LogP contribution < -0.4 is 4.90 Å². The molecule has 8 heteroatoms. The summed E-state index contributed by atoms with van der Waals surface area (Å²) in [7, 11) is 0. The van der Waals surface area contributed by atoms with E-state index in [1.54, 1.807) is 13.0 Å². The van der Waals surface area contributed by atoms with Crippen LogP contribution in [0.2, 0.25) is 0 Å². The topological polar surface area (TPSA) is 80.5 Å². The molecule has 22 heavy (non-hydrogen) atoms. The first-order chi connectivity index (χ1) is 10.3. The number of rotatable bonds is 4. The zero-order chi connectivity index (χ0) is 16.4. The number of hydrogen-bond donors (Lipinski definition) is 0. The van der Waals surface area contributed by atoms with E-state index in [0.717, 1.165) is 0 Å². The lowest BCUT2D eigenvalue weighted by molar-refractivity contribution is -0.384. The molecule has 1 aromatic rings. The SMILES string of the molecule is CC(=O)SCC1CC(=O)N(c2c(C)cc(Br)cc2[N+](=O)[O-])C1. The van der Waals surface area contributed by atoms with Gasteiger partial charge in [-0.05, 0) is 24.5 Å². The second-order valence-electron chi connectivity index (χ2n) is 5.22. The number of hydrogen-bond acceptors (Lipinski definition) is 5. The number of aryl methyl sites for hydroxylation is 1. The van der Waals surface area contributed by atoms with E-state index in [-0.39, 0.29) is 22.6 Å². The van der Waals surface area contributed by atoms with Gasteiger partial charge in [-0.25, -0.2) is 0 Å². The molecule has 1 amide bonds. The largest absolute Gasteiger partial charge is 0.306 e. The van der Waals surface area contributed by atoms with Gasteiger partial charge in [0.05, 0.1) is 4.92 Å². The lowest BCUT2D eigenvalue weighted by atomic mass is 10.1. The van der Waals surface area contributed by atoms with E-state index >= 15 is 0 Å². The third kappa shape index (κ3) is 3.67. The molecule has 1 aliphatic heterocycles. The highest BCUT2D eigenvalue weighted by molar-refractivity contribution is 9.10. The predicted octanol–water partition coefficient (Wildman–Crippen LogP) is 3.30. The van der Waals surface area contributed by atoms with E-state index in [0.29, 0.717) is 34.4 Å². The number of benzene rings is 1. The van der Waals surface area contributed by atoms with Crippen molar-refractivity contribution in [3.8, 4) is 0 Å². The minimum absolute atomic E-state index is 0.0108. The molecule has 1 saturated heterocycles. The first kappa shape index (κ1) is 17.0. The van der Waals surface area contributed by atoms with Gasteiger partial charge in [0.15, 0.2) is 5.12 Å². The second-order valence-corrected chi connectivity index (χ2v) is 7.34. The molecule has 0 aliphatic carbocycles. The van der Waals surface area contributed by atoms with Crippen LogP contribution in [0.15, 0.2) is 16.6 Å². The van der Waals surface area contributed by atoms with Crippen LogP contribution in [0.4, 0.5) is 11.4 Å². The first-order valence-electron chi connectivity index (χ1n) is 6.68. The molecule has 6 nitrogen and oxygen atoms in total.